The molecule has 0 amide bonds. The van der Waals surface area contributed by atoms with E-state index in [1.54, 1.807) is 0 Å². The van der Waals surface area contributed by atoms with Gasteiger partial charge in [-0.2, -0.15) is 5.10 Å². The van der Waals surface area contributed by atoms with Crippen LogP contribution < -0.4 is 5.32 Å². The Kier molecular flexibility index (Phi) is 3.42. The average molecular weight is 264 g/mol. The Labute approximate surface area is 117 Å². The van der Waals surface area contributed by atoms with Gasteiger partial charge in [-0.25, -0.2) is 0 Å². The second kappa shape index (κ2) is 4.51. The van der Waals surface area contributed by atoms with Crippen LogP contribution in [0.4, 0.5) is 5.82 Å². The van der Waals surface area contributed by atoms with Crippen molar-refractivity contribution in [2.24, 2.45) is 0 Å². The molecule has 19 heavy (non-hydrogen) atoms. The van der Waals surface area contributed by atoms with Crippen LogP contribution in [0.15, 0.2) is 6.20 Å². The van der Waals surface area contributed by atoms with Crippen molar-refractivity contribution in [2.75, 3.05) is 25.5 Å². The van der Waals surface area contributed by atoms with Gasteiger partial charge < -0.3 is 10.2 Å². The van der Waals surface area contributed by atoms with Crippen LogP contribution in [0.5, 0.6) is 0 Å². The summed E-state index contributed by atoms with van der Waals surface area (Å²) in [6.45, 7) is 15.5. The maximum Gasteiger partial charge on any atom is 0.152 e. The van der Waals surface area contributed by atoms with E-state index in [-0.39, 0.29) is 11.0 Å². The highest BCUT2D eigenvalue weighted by atomic mass is 15.4. The first-order valence-electron chi connectivity index (χ1n) is 7.13. The smallest absolute Gasteiger partial charge is 0.152 e. The van der Waals surface area contributed by atoms with Crippen LogP contribution in [-0.4, -0.2) is 40.9 Å². The molecule has 1 aliphatic heterocycles. The van der Waals surface area contributed by atoms with E-state index < -0.39 is 0 Å². The minimum absolute atomic E-state index is 0.0241. The maximum atomic E-state index is 4.78. The van der Waals surface area contributed by atoms with Crippen LogP contribution in [0.2, 0.25) is 0 Å². The number of likely N-dealkylation sites (tertiary alicyclic amines) is 1. The fourth-order valence-electron chi connectivity index (χ4n) is 2.36. The van der Waals surface area contributed by atoms with Crippen LogP contribution >= 0.6 is 0 Å². The van der Waals surface area contributed by atoms with E-state index in [1.165, 1.54) is 5.56 Å². The highest BCUT2D eigenvalue weighted by Gasteiger charge is 2.29. The second-order valence-electron chi connectivity index (χ2n) is 7.82. The summed E-state index contributed by atoms with van der Waals surface area (Å²) < 4.78 is 2.08. The summed E-state index contributed by atoms with van der Waals surface area (Å²) in [6.07, 6.45) is 2.20. The standard InChI is InChI=1S/C15H28N4/c1-14(2,3)12-10-19(15(4,5)6)17-13(12)16-11-8-18(7)9-11/h10-11H,8-9H2,1-7H3,(H,16,17). The fourth-order valence-corrected chi connectivity index (χ4v) is 2.36. The van der Waals surface area contributed by atoms with Crippen LogP contribution in [0.1, 0.15) is 47.1 Å². The third-order valence-corrected chi connectivity index (χ3v) is 3.61. The number of hydrogen-bond donors (Lipinski definition) is 1. The predicted octanol–water partition coefficient (Wildman–Crippen LogP) is 2.66. The molecule has 1 N–H and O–H groups in total. The number of rotatable bonds is 2. The van der Waals surface area contributed by atoms with Gasteiger partial charge in [0, 0.05) is 24.8 Å². The molecule has 4 heteroatoms. The summed E-state index contributed by atoms with van der Waals surface area (Å²) in [5.41, 5.74) is 1.44. The van der Waals surface area contributed by atoms with Gasteiger partial charge in [0.05, 0.1) is 11.6 Å². The van der Waals surface area contributed by atoms with Gasteiger partial charge in [0.1, 0.15) is 0 Å². The SMILES string of the molecule is CN1CC(Nc2nn(C(C)(C)C)cc2C(C)(C)C)C1. The van der Waals surface area contributed by atoms with Crippen LogP contribution in [0, 0.1) is 0 Å². The number of hydrogen-bond acceptors (Lipinski definition) is 3. The van der Waals surface area contributed by atoms with Gasteiger partial charge in [0.15, 0.2) is 5.82 Å². The Morgan fingerprint density at radius 3 is 2.16 bits per heavy atom. The molecule has 1 aliphatic rings. The number of nitrogens with one attached hydrogen (secondary N) is 1. The summed E-state index contributed by atoms with van der Waals surface area (Å²) in [4.78, 5) is 2.31. The van der Waals surface area contributed by atoms with Gasteiger partial charge in [-0.1, -0.05) is 20.8 Å². The summed E-state index contributed by atoms with van der Waals surface area (Å²) in [7, 11) is 2.15. The van der Waals surface area contributed by atoms with Crippen molar-refractivity contribution in [1.29, 1.82) is 0 Å². The molecule has 108 valence electrons. The number of anilines is 1. The van der Waals surface area contributed by atoms with E-state index in [9.17, 15) is 0 Å². The molecule has 0 aliphatic carbocycles. The average Bonchev–Trinajstić information content (AvgIpc) is 2.58. The number of aromatic nitrogens is 2. The molecule has 0 atom stereocenters. The van der Waals surface area contributed by atoms with Gasteiger partial charge in [-0.05, 0) is 33.2 Å². The zero-order valence-electron chi connectivity index (χ0n) is 13.4. The molecular formula is C15H28N4. The Hall–Kier alpha value is -1.03. The number of nitrogens with zero attached hydrogens (tertiary/aromatic N) is 3. The molecule has 0 unspecified atom stereocenters. The zero-order valence-corrected chi connectivity index (χ0v) is 13.4. The van der Waals surface area contributed by atoms with E-state index in [1.807, 2.05) is 0 Å². The first kappa shape index (κ1) is 14.4. The molecular weight excluding hydrogens is 236 g/mol. The lowest BCUT2D eigenvalue weighted by atomic mass is 9.88. The highest BCUT2D eigenvalue weighted by molar-refractivity contribution is 5.48. The normalized spacial score (nSPS) is 18.5. The van der Waals surface area contributed by atoms with Crippen LogP contribution in [0.3, 0.4) is 0 Å². The summed E-state index contributed by atoms with van der Waals surface area (Å²) in [5.74, 6) is 1.06. The van der Waals surface area contributed by atoms with Crippen molar-refractivity contribution in [3.05, 3.63) is 11.8 Å². The molecule has 0 radical (unpaired) electrons. The lowest BCUT2D eigenvalue weighted by Crippen LogP contribution is -2.52. The lowest BCUT2D eigenvalue weighted by molar-refractivity contribution is 0.204. The molecule has 4 nitrogen and oxygen atoms in total. The predicted molar refractivity (Wildman–Crippen MR) is 80.8 cm³/mol. The summed E-state index contributed by atoms with van der Waals surface area (Å²) in [6, 6.07) is 0.536. The van der Waals surface area contributed by atoms with E-state index in [0.717, 1.165) is 18.9 Å². The maximum absolute atomic E-state index is 4.78. The second-order valence-corrected chi connectivity index (χ2v) is 7.82. The third kappa shape index (κ3) is 3.11. The molecule has 0 bridgehead atoms. The van der Waals surface area contributed by atoms with E-state index in [2.05, 4.69) is 69.7 Å². The van der Waals surface area contributed by atoms with Gasteiger partial charge in [0.25, 0.3) is 0 Å². The van der Waals surface area contributed by atoms with Crippen molar-refractivity contribution in [3.63, 3.8) is 0 Å². The van der Waals surface area contributed by atoms with Gasteiger partial charge in [-0.3, -0.25) is 4.68 Å². The first-order chi connectivity index (χ1) is 8.57. The van der Waals surface area contributed by atoms with Crippen molar-refractivity contribution in [2.45, 2.75) is 58.5 Å². The quantitative estimate of drug-likeness (QED) is 0.891. The highest BCUT2D eigenvalue weighted by Crippen LogP contribution is 2.31. The Bertz CT molecular complexity index is 442. The van der Waals surface area contributed by atoms with Crippen molar-refractivity contribution < 1.29 is 0 Å². The molecule has 0 spiro atoms. The zero-order chi connectivity index (χ0) is 14.4. The summed E-state index contributed by atoms with van der Waals surface area (Å²) in [5, 5.41) is 8.38. The number of likely N-dealkylation sites (N-methyl/N-ethyl adjacent to an activating group) is 1. The van der Waals surface area contributed by atoms with Crippen LogP contribution in [-0.2, 0) is 11.0 Å². The van der Waals surface area contributed by atoms with Gasteiger partial charge in [-0.15, -0.1) is 0 Å². The Morgan fingerprint density at radius 1 is 1.16 bits per heavy atom. The minimum Gasteiger partial charge on any atom is -0.363 e. The largest absolute Gasteiger partial charge is 0.363 e. The molecule has 1 saturated heterocycles. The Balaban J connectivity index is 2.27. The fraction of sp³-hybridized carbons (Fsp3) is 0.800. The Morgan fingerprint density at radius 2 is 1.74 bits per heavy atom. The molecule has 2 heterocycles. The van der Waals surface area contributed by atoms with E-state index in [0.29, 0.717) is 6.04 Å². The third-order valence-electron chi connectivity index (χ3n) is 3.61. The lowest BCUT2D eigenvalue weighted by Gasteiger charge is -2.37. The van der Waals surface area contributed by atoms with Crippen molar-refractivity contribution in [3.8, 4) is 0 Å². The molecule has 0 saturated carbocycles. The van der Waals surface area contributed by atoms with Crippen molar-refractivity contribution in [1.82, 2.24) is 14.7 Å². The van der Waals surface area contributed by atoms with Crippen LogP contribution in [0.25, 0.3) is 0 Å². The van der Waals surface area contributed by atoms with Gasteiger partial charge >= 0.3 is 0 Å². The monoisotopic (exact) mass is 264 g/mol. The van der Waals surface area contributed by atoms with E-state index >= 15 is 0 Å². The molecule has 1 aromatic rings. The molecule has 1 fully saturated rings. The molecule has 0 aromatic carbocycles. The molecule has 1 aromatic heterocycles. The van der Waals surface area contributed by atoms with Gasteiger partial charge in [0.2, 0.25) is 0 Å². The van der Waals surface area contributed by atoms with Crippen molar-refractivity contribution >= 4 is 5.82 Å². The topological polar surface area (TPSA) is 33.1 Å². The van der Waals surface area contributed by atoms with E-state index in [4.69, 9.17) is 5.10 Å². The summed E-state index contributed by atoms with van der Waals surface area (Å²) >= 11 is 0. The minimum atomic E-state index is 0.0241. The molecule has 2 rings (SSSR count). The first-order valence-corrected chi connectivity index (χ1v) is 7.13.